The molecule has 0 aliphatic carbocycles. The highest BCUT2D eigenvalue weighted by molar-refractivity contribution is 7.91. The molecule has 0 amide bonds. The minimum atomic E-state index is -3.39. The van der Waals surface area contributed by atoms with Gasteiger partial charge >= 0.3 is 0 Å². The molecule has 1 aromatic heterocycles. The minimum absolute atomic E-state index is 0.0771. The van der Waals surface area contributed by atoms with Gasteiger partial charge in [0.05, 0.1) is 6.61 Å². The molecule has 19 heavy (non-hydrogen) atoms. The van der Waals surface area contributed by atoms with Gasteiger partial charge in [-0.1, -0.05) is 6.92 Å². The molecule has 8 heteroatoms. The van der Waals surface area contributed by atoms with Crippen molar-refractivity contribution in [1.29, 1.82) is 0 Å². The molecule has 1 heterocycles. The van der Waals surface area contributed by atoms with Crippen molar-refractivity contribution >= 4 is 32.2 Å². The number of hydrogen-bond donors (Lipinski definition) is 1. The Morgan fingerprint density at radius 3 is 2.63 bits per heavy atom. The normalized spacial score (nSPS) is 13.5. The summed E-state index contributed by atoms with van der Waals surface area (Å²) >= 11 is 1.12. The van der Waals surface area contributed by atoms with Crippen molar-refractivity contribution < 1.29 is 13.2 Å². The minimum Gasteiger partial charge on any atom is -0.383 e. The van der Waals surface area contributed by atoms with Gasteiger partial charge in [-0.2, -0.15) is 4.37 Å². The summed E-state index contributed by atoms with van der Waals surface area (Å²) in [6.45, 7) is 5.22. The summed E-state index contributed by atoms with van der Waals surface area (Å²) in [6, 6.07) is 0.190. The van der Waals surface area contributed by atoms with E-state index in [1.807, 2.05) is 11.8 Å². The molecule has 1 aromatic rings. The fourth-order valence-corrected chi connectivity index (χ4v) is 4.07. The molecule has 0 aliphatic heterocycles. The number of ether oxygens (including phenoxy) is 1. The fourth-order valence-electron chi connectivity index (χ4n) is 1.75. The van der Waals surface area contributed by atoms with E-state index >= 15 is 0 Å². The number of nitrogens with two attached hydrogens (primary N) is 1. The quantitative estimate of drug-likeness (QED) is 0.819. The van der Waals surface area contributed by atoms with Crippen LogP contribution in [0.3, 0.4) is 0 Å². The van der Waals surface area contributed by atoms with Crippen LogP contribution in [0.4, 0.5) is 10.8 Å². The van der Waals surface area contributed by atoms with E-state index in [1.54, 1.807) is 7.11 Å². The van der Waals surface area contributed by atoms with Crippen LogP contribution in [0.15, 0.2) is 4.90 Å². The van der Waals surface area contributed by atoms with Crippen molar-refractivity contribution in [2.24, 2.45) is 0 Å². The zero-order chi connectivity index (χ0) is 14.6. The van der Waals surface area contributed by atoms with Crippen LogP contribution >= 0.6 is 11.5 Å². The van der Waals surface area contributed by atoms with Gasteiger partial charge in [-0.25, -0.2) is 8.42 Å². The van der Waals surface area contributed by atoms with Crippen molar-refractivity contribution in [3.05, 3.63) is 0 Å². The molecular weight excluding hydrogens is 286 g/mol. The average molecular weight is 307 g/mol. The van der Waals surface area contributed by atoms with Crippen molar-refractivity contribution in [3.8, 4) is 0 Å². The van der Waals surface area contributed by atoms with Crippen LogP contribution < -0.4 is 10.6 Å². The predicted octanol–water partition coefficient (Wildman–Crippen LogP) is 1.38. The number of nitrogen functional groups attached to an aromatic ring is 1. The van der Waals surface area contributed by atoms with E-state index in [-0.39, 0.29) is 16.8 Å². The molecule has 0 radical (unpaired) electrons. The van der Waals surface area contributed by atoms with E-state index in [1.165, 1.54) is 0 Å². The fraction of sp³-hybridized carbons (Fsp3) is 0.727. The molecule has 0 saturated heterocycles. The van der Waals surface area contributed by atoms with Crippen LogP contribution in [0, 0.1) is 0 Å². The lowest BCUT2D eigenvalue weighted by Gasteiger charge is -2.29. The van der Waals surface area contributed by atoms with Crippen LogP contribution in [0.25, 0.3) is 0 Å². The van der Waals surface area contributed by atoms with Gasteiger partial charge in [0.1, 0.15) is 9.90 Å². The molecule has 1 rings (SSSR count). The first-order chi connectivity index (χ1) is 8.82. The van der Waals surface area contributed by atoms with Gasteiger partial charge in [-0.05, 0) is 24.9 Å². The van der Waals surface area contributed by atoms with Gasteiger partial charge in [0.2, 0.25) is 0 Å². The lowest BCUT2D eigenvalue weighted by molar-refractivity contribution is 0.203. The lowest BCUT2D eigenvalue weighted by atomic mass is 10.2. The van der Waals surface area contributed by atoms with E-state index in [0.29, 0.717) is 18.2 Å². The van der Waals surface area contributed by atoms with Gasteiger partial charge in [0, 0.05) is 26.0 Å². The molecule has 1 atom stereocenters. The lowest BCUT2D eigenvalue weighted by Crippen LogP contribution is -2.35. The SMILES string of the molecule is CCC(C)N(CCOC)c1snc(N)c1S(C)(=O)=O. The largest absolute Gasteiger partial charge is 0.383 e. The molecular formula is C11H21N3O3S2. The van der Waals surface area contributed by atoms with Gasteiger partial charge in [-0.15, -0.1) is 0 Å². The Kier molecular flexibility index (Phi) is 5.57. The second kappa shape index (κ2) is 6.53. The summed E-state index contributed by atoms with van der Waals surface area (Å²) in [7, 11) is -1.77. The third-order valence-electron chi connectivity index (χ3n) is 2.95. The summed E-state index contributed by atoms with van der Waals surface area (Å²) in [5, 5.41) is 0.603. The Bertz CT molecular complexity index is 513. The molecule has 0 aromatic carbocycles. The van der Waals surface area contributed by atoms with Crippen LogP contribution in [0.1, 0.15) is 20.3 Å². The highest BCUT2D eigenvalue weighted by atomic mass is 32.2. The van der Waals surface area contributed by atoms with Crippen LogP contribution in [-0.2, 0) is 14.6 Å². The van der Waals surface area contributed by atoms with Gasteiger partial charge in [0.15, 0.2) is 15.7 Å². The summed E-state index contributed by atoms with van der Waals surface area (Å²) in [5.74, 6) is 0.0771. The van der Waals surface area contributed by atoms with Crippen LogP contribution in [0.5, 0.6) is 0 Å². The molecule has 0 aliphatic rings. The molecule has 0 bridgehead atoms. The van der Waals surface area contributed by atoms with E-state index in [9.17, 15) is 8.42 Å². The number of aromatic nitrogens is 1. The van der Waals surface area contributed by atoms with E-state index in [0.717, 1.165) is 24.2 Å². The van der Waals surface area contributed by atoms with Crippen molar-refractivity contribution in [2.75, 3.05) is 37.2 Å². The number of anilines is 2. The maximum absolute atomic E-state index is 11.9. The first-order valence-corrected chi connectivity index (χ1v) is 8.70. The summed E-state index contributed by atoms with van der Waals surface area (Å²) < 4.78 is 32.8. The van der Waals surface area contributed by atoms with Gasteiger partial charge in [-0.3, -0.25) is 0 Å². The number of nitrogens with zero attached hydrogens (tertiary/aromatic N) is 2. The highest BCUT2D eigenvalue weighted by Gasteiger charge is 2.27. The first-order valence-electron chi connectivity index (χ1n) is 6.03. The summed E-state index contributed by atoms with van der Waals surface area (Å²) in [4.78, 5) is 2.13. The van der Waals surface area contributed by atoms with Crippen molar-refractivity contribution in [3.63, 3.8) is 0 Å². The molecule has 0 spiro atoms. The third-order valence-corrected chi connectivity index (χ3v) is 5.12. The smallest absolute Gasteiger partial charge is 0.182 e. The molecule has 0 fully saturated rings. The van der Waals surface area contributed by atoms with Gasteiger partial charge in [0.25, 0.3) is 0 Å². The maximum Gasteiger partial charge on any atom is 0.182 e. The van der Waals surface area contributed by atoms with Crippen LogP contribution in [-0.4, -0.2) is 45.4 Å². The molecule has 2 N–H and O–H groups in total. The second-order valence-electron chi connectivity index (χ2n) is 4.42. The molecule has 110 valence electrons. The zero-order valence-corrected chi connectivity index (χ0v) is 13.3. The van der Waals surface area contributed by atoms with Crippen LogP contribution in [0.2, 0.25) is 0 Å². The Labute approximate surface area is 118 Å². The molecule has 6 nitrogen and oxygen atoms in total. The standard InChI is InChI=1S/C11H21N3O3S2/c1-5-8(2)14(6-7-17-3)11-9(19(4,15)16)10(12)13-18-11/h8H,5-7H2,1-4H3,(H2,12,13). The summed E-state index contributed by atoms with van der Waals surface area (Å²) in [6.07, 6.45) is 2.05. The first kappa shape index (κ1) is 16.2. The molecule has 0 saturated carbocycles. The Balaban J connectivity index is 3.23. The second-order valence-corrected chi connectivity index (χ2v) is 7.12. The Morgan fingerprint density at radius 1 is 1.53 bits per heavy atom. The van der Waals surface area contributed by atoms with E-state index in [2.05, 4.69) is 11.3 Å². The topological polar surface area (TPSA) is 85.5 Å². The van der Waals surface area contributed by atoms with E-state index < -0.39 is 9.84 Å². The highest BCUT2D eigenvalue weighted by Crippen LogP contribution is 2.35. The Morgan fingerprint density at radius 2 is 2.16 bits per heavy atom. The number of methoxy groups -OCH3 is 1. The summed E-state index contributed by atoms with van der Waals surface area (Å²) in [5.41, 5.74) is 5.70. The Hall–Kier alpha value is -0.860. The maximum atomic E-state index is 11.9. The average Bonchev–Trinajstić information content (AvgIpc) is 2.71. The number of sulfone groups is 1. The zero-order valence-electron chi connectivity index (χ0n) is 11.7. The third kappa shape index (κ3) is 3.80. The molecule has 1 unspecified atom stereocenters. The van der Waals surface area contributed by atoms with Crippen molar-refractivity contribution in [1.82, 2.24) is 4.37 Å². The van der Waals surface area contributed by atoms with E-state index in [4.69, 9.17) is 10.5 Å². The predicted molar refractivity (Wildman–Crippen MR) is 78.6 cm³/mol. The number of rotatable bonds is 7. The number of hydrogen-bond acceptors (Lipinski definition) is 7. The monoisotopic (exact) mass is 307 g/mol. The van der Waals surface area contributed by atoms with Gasteiger partial charge < -0.3 is 15.4 Å². The van der Waals surface area contributed by atoms with Crippen molar-refractivity contribution in [2.45, 2.75) is 31.2 Å².